The lowest BCUT2D eigenvalue weighted by Gasteiger charge is -2.41. The van der Waals surface area contributed by atoms with E-state index in [0.29, 0.717) is 12.0 Å². The number of nitrogens with zero attached hydrogens (tertiary/aromatic N) is 2. The van der Waals surface area contributed by atoms with E-state index in [9.17, 15) is 5.11 Å². The number of likely N-dealkylation sites (N-methyl/N-ethyl adjacent to an activating group) is 1. The Balaban J connectivity index is 1.13. The number of rotatable bonds is 4. The highest BCUT2D eigenvalue weighted by atomic mass is 35.5. The summed E-state index contributed by atoms with van der Waals surface area (Å²) in [6, 6.07) is 14.9. The molecule has 172 valence electrons. The number of aromatic amines is 1. The Labute approximate surface area is 200 Å². The van der Waals surface area contributed by atoms with Crippen molar-refractivity contribution in [3.63, 3.8) is 0 Å². The van der Waals surface area contributed by atoms with Crippen LogP contribution in [0, 0.1) is 5.92 Å². The first-order valence-electron chi connectivity index (χ1n) is 12.2. The second-order valence-electron chi connectivity index (χ2n) is 10.3. The maximum atomic E-state index is 11.2. The van der Waals surface area contributed by atoms with Crippen LogP contribution in [0.25, 0.3) is 16.5 Å². The predicted molar refractivity (Wildman–Crippen MR) is 136 cm³/mol. The lowest BCUT2D eigenvalue weighted by molar-refractivity contribution is -0.0266. The Bertz CT molecular complexity index is 1190. The first-order valence-corrected chi connectivity index (χ1v) is 12.6. The molecule has 4 nitrogen and oxygen atoms in total. The second-order valence-corrected chi connectivity index (χ2v) is 10.7. The van der Waals surface area contributed by atoms with Crippen molar-refractivity contribution in [2.24, 2.45) is 5.92 Å². The fraction of sp³-hybridized carbons (Fsp3) is 0.429. The van der Waals surface area contributed by atoms with Crippen LogP contribution in [0.2, 0.25) is 5.02 Å². The van der Waals surface area contributed by atoms with Crippen LogP contribution < -0.4 is 0 Å². The van der Waals surface area contributed by atoms with Crippen molar-refractivity contribution in [2.45, 2.75) is 37.3 Å². The Kier molecular flexibility index (Phi) is 5.38. The number of benzene rings is 2. The molecule has 3 aliphatic rings. The lowest BCUT2D eigenvalue weighted by atomic mass is 9.79. The molecule has 3 heterocycles. The quantitative estimate of drug-likeness (QED) is 0.570. The van der Waals surface area contributed by atoms with Crippen LogP contribution in [-0.2, 0) is 12.0 Å². The lowest BCUT2D eigenvalue weighted by Crippen LogP contribution is -2.45. The molecule has 1 aromatic heterocycles. The third-order valence-corrected chi connectivity index (χ3v) is 8.47. The maximum absolute atomic E-state index is 11.2. The van der Waals surface area contributed by atoms with Gasteiger partial charge in [-0.25, -0.2) is 0 Å². The first kappa shape index (κ1) is 21.4. The number of halogens is 1. The summed E-state index contributed by atoms with van der Waals surface area (Å²) >= 11 is 6.03. The van der Waals surface area contributed by atoms with Gasteiger partial charge >= 0.3 is 0 Å². The number of nitrogens with one attached hydrogen (secondary N) is 1. The summed E-state index contributed by atoms with van der Waals surface area (Å²) in [6.07, 6.45) is 8.59. The van der Waals surface area contributed by atoms with Gasteiger partial charge in [0.05, 0.1) is 5.60 Å². The summed E-state index contributed by atoms with van der Waals surface area (Å²) in [5.41, 5.74) is 5.91. The smallest absolute Gasteiger partial charge is 0.0920 e. The van der Waals surface area contributed by atoms with Gasteiger partial charge in [-0.1, -0.05) is 41.9 Å². The molecular weight excluding hydrogens is 430 g/mol. The minimum absolute atomic E-state index is 0.486. The van der Waals surface area contributed by atoms with Gasteiger partial charge in [0.25, 0.3) is 0 Å². The van der Waals surface area contributed by atoms with E-state index in [-0.39, 0.29) is 0 Å². The molecule has 2 atom stereocenters. The average molecular weight is 462 g/mol. The van der Waals surface area contributed by atoms with E-state index in [2.05, 4.69) is 52.3 Å². The van der Waals surface area contributed by atoms with Gasteiger partial charge in [-0.05, 0) is 85.7 Å². The summed E-state index contributed by atoms with van der Waals surface area (Å²) in [5.74, 6) is 0.564. The van der Waals surface area contributed by atoms with Gasteiger partial charge in [0.1, 0.15) is 0 Å². The SMILES string of the molecule is CN1C[C@H](CCN2CCC(O)(c3ccc(Cl)cc3)CC2)C=C2c3cccc4[nH]cc(c34)C[C@H]21. The van der Waals surface area contributed by atoms with Gasteiger partial charge in [0, 0.05) is 47.8 Å². The molecule has 2 N–H and O–H groups in total. The standard InChI is InChI=1S/C28H32ClN3O/c1-31-18-19(15-24-23-3-2-4-25-27(23)20(17-30-25)16-26(24)31)9-12-32-13-10-28(33,11-14-32)21-5-7-22(29)8-6-21/h2-8,15,17,19,26,30,33H,9-14,16,18H2,1H3/t19-,26-/m1/s1. The molecule has 1 aliphatic carbocycles. The van der Waals surface area contributed by atoms with E-state index >= 15 is 0 Å². The monoisotopic (exact) mass is 461 g/mol. The Morgan fingerprint density at radius 2 is 1.91 bits per heavy atom. The van der Waals surface area contributed by atoms with Crippen molar-refractivity contribution in [1.82, 2.24) is 14.8 Å². The fourth-order valence-corrected chi connectivity index (χ4v) is 6.40. The van der Waals surface area contributed by atoms with Gasteiger partial charge in [-0.15, -0.1) is 0 Å². The van der Waals surface area contributed by atoms with Crippen molar-refractivity contribution in [3.8, 4) is 0 Å². The normalized spacial score (nSPS) is 25.1. The van der Waals surface area contributed by atoms with Crippen molar-refractivity contribution >= 4 is 28.1 Å². The second kappa shape index (κ2) is 8.28. The minimum Gasteiger partial charge on any atom is -0.385 e. The van der Waals surface area contributed by atoms with Crippen molar-refractivity contribution in [1.29, 1.82) is 0 Å². The summed E-state index contributed by atoms with van der Waals surface area (Å²) in [6.45, 7) is 4.08. The molecule has 0 saturated carbocycles. The molecule has 2 aliphatic heterocycles. The third kappa shape index (κ3) is 3.83. The highest BCUT2D eigenvalue weighted by Gasteiger charge is 2.36. The van der Waals surface area contributed by atoms with E-state index in [4.69, 9.17) is 11.6 Å². The summed E-state index contributed by atoms with van der Waals surface area (Å²) in [4.78, 5) is 8.55. The molecule has 0 spiro atoms. The molecule has 6 rings (SSSR count). The average Bonchev–Trinajstić information content (AvgIpc) is 3.24. The number of piperidine rings is 1. The Hall–Kier alpha value is -2.11. The number of fused-ring (bicyclic) bond motifs is 2. The minimum atomic E-state index is -0.726. The molecule has 33 heavy (non-hydrogen) atoms. The molecule has 0 amide bonds. The number of likely N-dealkylation sites (tertiary alicyclic amines) is 1. The van der Waals surface area contributed by atoms with E-state index < -0.39 is 5.60 Å². The van der Waals surface area contributed by atoms with Gasteiger partial charge in [-0.2, -0.15) is 0 Å². The van der Waals surface area contributed by atoms with Crippen molar-refractivity contribution < 1.29 is 5.11 Å². The summed E-state index contributed by atoms with van der Waals surface area (Å²) in [5, 5.41) is 13.3. The predicted octanol–water partition coefficient (Wildman–Crippen LogP) is 5.06. The zero-order chi connectivity index (χ0) is 22.6. The zero-order valence-electron chi connectivity index (χ0n) is 19.2. The van der Waals surface area contributed by atoms with Gasteiger partial charge in [0.15, 0.2) is 0 Å². The molecule has 0 bridgehead atoms. The number of hydrogen-bond donors (Lipinski definition) is 2. The van der Waals surface area contributed by atoms with E-state index in [1.807, 2.05) is 24.3 Å². The van der Waals surface area contributed by atoms with Crippen LogP contribution in [-0.4, -0.2) is 59.2 Å². The molecule has 1 saturated heterocycles. The van der Waals surface area contributed by atoms with Crippen LogP contribution in [0.15, 0.2) is 54.7 Å². The van der Waals surface area contributed by atoms with Crippen LogP contribution >= 0.6 is 11.6 Å². The van der Waals surface area contributed by atoms with Crippen molar-refractivity contribution in [3.05, 3.63) is 76.5 Å². The van der Waals surface area contributed by atoms with E-state index in [1.165, 1.54) is 27.6 Å². The zero-order valence-corrected chi connectivity index (χ0v) is 20.0. The summed E-state index contributed by atoms with van der Waals surface area (Å²) < 4.78 is 0. The molecule has 1 fully saturated rings. The number of aliphatic hydroxyl groups is 1. The topological polar surface area (TPSA) is 42.5 Å². The van der Waals surface area contributed by atoms with Crippen molar-refractivity contribution in [2.75, 3.05) is 33.2 Å². The summed E-state index contributed by atoms with van der Waals surface area (Å²) in [7, 11) is 2.29. The molecule has 0 radical (unpaired) electrons. The van der Waals surface area contributed by atoms with Gasteiger partial charge in [0.2, 0.25) is 0 Å². The molecule has 2 aromatic carbocycles. The highest BCUT2D eigenvalue weighted by molar-refractivity contribution is 6.30. The van der Waals surface area contributed by atoms with Crippen LogP contribution in [0.1, 0.15) is 36.0 Å². The fourth-order valence-electron chi connectivity index (χ4n) is 6.27. The number of hydrogen-bond acceptors (Lipinski definition) is 3. The highest BCUT2D eigenvalue weighted by Crippen LogP contribution is 2.41. The van der Waals surface area contributed by atoms with Crippen LogP contribution in [0.3, 0.4) is 0 Å². The molecule has 0 unspecified atom stereocenters. The Morgan fingerprint density at radius 1 is 1.12 bits per heavy atom. The number of H-pyrrole nitrogens is 1. The van der Waals surface area contributed by atoms with Crippen LogP contribution in [0.5, 0.6) is 0 Å². The largest absolute Gasteiger partial charge is 0.385 e. The number of aromatic nitrogens is 1. The van der Waals surface area contributed by atoms with Gasteiger partial charge < -0.3 is 15.0 Å². The third-order valence-electron chi connectivity index (χ3n) is 8.22. The molecular formula is C28H32ClN3O. The van der Waals surface area contributed by atoms with E-state index in [0.717, 1.165) is 62.4 Å². The first-order chi connectivity index (χ1) is 16.0. The van der Waals surface area contributed by atoms with Gasteiger partial charge in [-0.3, -0.25) is 4.90 Å². The van der Waals surface area contributed by atoms with Crippen LogP contribution in [0.4, 0.5) is 0 Å². The van der Waals surface area contributed by atoms with E-state index in [1.54, 1.807) is 0 Å². The molecule has 3 aromatic rings. The molecule has 5 heteroatoms. The Morgan fingerprint density at radius 3 is 2.70 bits per heavy atom. The maximum Gasteiger partial charge on any atom is 0.0920 e.